The molecule has 1 aromatic heterocycles. The van der Waals surface area contributed by atoms with Crippen LogP contribution in [0.3, 0.4) is 0 Å². The van der Waals surface area contributed by atoms with E-state index < -0.39 is 11.7 Å². The molecule has 0 atom stereocenters. The van der Waals surface area contributed by atoms with Gasteiger partial charge in [-0.1, -0.05) is 6.07 Å². The molecule has 21 heavy (non-hydrogen) atoms. The lowest BCUT2D eigenvalue weighted by atomic mass is 10.1. The summed E-state index contributed by atoms with van der Waals surface area (Å²) in [6, 6.07) is 8.21. The third-order valence-electron chi connectivity index (χ3n) is 2.99. The number of carbonyl (C=O) groups excluding carboxylic acids is 1. The first kappa shape index (κ1) is 14.5. The zero-order valence-electron chi connectivity index (χ0n) is 11.6. The number of rotatable bonds is 3. The maximum absolute atomic E-state index is 14.0. The van der Waals surface area contributed by atoms with E-state index in [4.69, 9.17) is 5.26 Å². The standard InChI is InChI=1S/C15H13FN4O/c1-9-3-4-10(8-17)7-12(9)20-15(21)11-5-6-19-14(18-2)13(11)16/h3-7H,1-2H3,(H,18,19)(H,20,21). The van der Waals surface area contributed by atoms with E-state index in [1.54, 1.807) is 25.1 Å². The Hall–Kier alpha value is -2.94. The molecule has 6 heteroatoms. The fraction of sp³-hybridized carbons (Fsp3) is 0.133. The predicted octanol–water partition coefficient (Wildman–Crippen LogP) is 2.69. The van der Waals surface area contributed by atoms with E-state index in [0.29, 0.717) is 11.3 Å². The van der Waals surface area contributed by atoms with E-state index in [2.05, 4.69) is 15.6 Å². The molecule has 0 saturated heterocycles. The van der Waals surface area contributed by atoms with Crippen molar-refractivity contribution in [3.63, 3.8) is 0 Å². The summed E-state index contributed by atoms with van der Waals surface area (Å²) in [5.74, 6) is -1.30. The van der Waals surface area contributed by atoms with Crippen molar-refractivity contribution in [3.8, 4) is 6.07 Å². The summed E-state index contributed by atoms with van der Waals surface area (Å²) in [4.78, 5) is 15.9. The fourth-order valence-electron chi connectivity index (χ4n) is 1.81. The molecule has 0 bridgehead atoms. The van der Waals surface area contributed by atoms with Gasteiger partial charge in [-0.15, -0.1) is 0 Å². The molecule has 0 fully saturated rings. The maximum Gasteiger partial charge on any atom is 0.258 e. The summed E-state index contributed by atoms with van der Waals surface area (Å²) in [5.41, 5.74) is 1.56. The van der Waals surface area contributed by atoms with Gasteiger partial charge in [0, 0.05) is 18.9 Å². The van der Waals surface area contributed by atoms with Crippen LogP contribution in [0.1, 0.15) is 21.5 Å². The van der Waals surface area contributed by atoms with E-state index >= 15 is 0 Å². The molecule has 0 aliphatic rings. The Kier molecular flexibility index (Phi) is 4.14. The molecular weight excluding hydrogens is 271 g/mol. The van der Waals surface area contributed by atoms with E-state index in [1.165, 1.54) is 19.3 Å². The number of benzene rings is 1. The molecule has 2 N–H and O–H groups in total. The number of nitrogens with zero attached hydrogens (tertiary/aromatic N) is 2. The first-order valence-corrected chi connectivity index (χ1v) is 6.21. The van der Waals surface area contributed by atoms with Crippen molar-refractivity contribution >= 4 is 17.4 Å². The minimum atomic E-state index is -0.716. The molecule has 0 radical (unpaired) electrons. The average Bonchev–Trinajstić information content (AvgIpc) is 2.49. The summed E-state index contributed by atoms with van der Waals surface area (Å²) >= 11 is 0. The number of aryl methyl sites for hydroxylation is 1. The van der Waals surface area contributed by atoms with E-state index in [-0.39, 0.29) is 11.4 Å². The number of hydrogen-bond acceptors (Lipinski definition) is 4. The first-order valence-electron chi connectivity index (χ1n) is 6.21. The summed E-state index contributed by atoms with van der Waals surface area (Å²) in [6.45, 7) is 1.79. The third-order valence-corrected chi connectivity index (χ3v) is 2.99. The highest BCUT2D eigenvalue weighted by molar-refractivity contribution is 6.05. The van der Waals surface area contributed by atoms with Gasteiger partial charge in [-0.05, 0) is 30.7 Å². The number of halogens is 1. The second-order valence-corrected chi connectivity index (χ2v) is 4.37. The van der Waals surface area contributed by atoms with Crippen molar-refractivity contribution in [2.75, 3.05) is 17.7 Å². The van der Waals surface area contributed by atoms with Gasteiger partial charge in [0.25, 0.3) is 5.91 Å². The Labute approximate surface area is 121 Å². The highest BCUT2D eigenvalue weighted by atomic mass is 19.1. The number of amides is 1. The van der Waals surface area contributed by atoms with Crippen LogP contribution in [-0.4, -0.2) is 17.9 Å². The molecule has 1 heterocycles. The Morgan fingerprint density at radius 3 is 2.81 bits per heavy atom. The van der Waals surface area contributed by atoms with Crippen molar-refractivity contribution in [2.24, 2.45) is 0 Å². The Morgan fingerprint density at radius 2 is 2.14 bits per heavy atom. The Bertz CT molecular complexity index is 737. The van der Waals surface area contributed by atoms with Gasteiger partial charge in [-0.2, -0.15) is 5.26 Å². The minimum absolute atomic E-state index is 0.00477. The van der Waals surface area contributed by atoms with Crippen LogP contribution in [-0.2, 0) is 0 Å². The first-order chi connectivity index (χ1) is 10.1. The van der Waals surface area contributed by atoms with Crippen LogP contribution in [0.15, 0.2) is 30.5 Å². The van der Waals surface area contributed by atoms with Crippen LogP contribution in [0.5, 0.6) is 0 Å². The SMILES string of the molecule is CNc1nccc(C(=O)Nc2cc(C#N)ccc2C)c1F. The molecular formula is C15H13FN4O. The average molecular weight is 284 g/mol. The zero-order chi connectivity index (χ0) is 15.4. The van der Waals surface area contributed by atoms with Crippen molar-refractivity contribution < 1.29 is 9.18 Å². The molecule has 1 aromatic carbocycles. The highest BCUT2D eigenvalue weighted by Crippen LogP contribution is 2.20. The lowest BCUT2D eigenvalue weighted by Crippen LogP contribution is -2.16. The number of nitrogens with one attached hydrogen (secondary N) is 2. The number of anilines is 2. The minimum Gasteiger partial charge on any atom is -0.371 e. The number of hydrogen-bond donors (Lipinski definition) is 2. The van der Waals surface area contributed by atoms with Gasteiger partial charge < -0.3 is 10.6 Å². The fourth-order valence-corrected chi connectivity index (χ4v) is 1.81. The number of nitriles is 1. The van der Waals surface area contributed by atoms with E-state index in [1.807, 2.05) is 6.07 Å². The van der Waals surface area contributed by atoms with Crippen LogP contribution >= 0.6 is 0 Å². The molecule has 0 aliphatic carbocycles. The van der Waals surface area contributed by atoms with Crippen LogP contribution in [0.4, 0.5) is 15.9 Å². The quantitative estimate of drug-likeness (QED) is 0.908. The van der Waals surface area contributed by atoms with Crippen molar-refractivity contribution in [2.45, 2.75) is 6.92 Å². The lowest BCUT2D eigenvalue weighted by molar-refractivity contribution is 0.102. The summed E-state index contributed by atoms with van der Waals surface area (Å²) in [5, 5.41) is 14.1. The Morgan fingerprint density at radius 1 is 1.38 bits per heavy atom. The number of pyridine rings is 1. The largest absolute Gasteiger partial charge is 0.371 e. The van der Waals surface area contributed by atoms with E-state index in [0.717, 1.165) is 5.56 Å². The summed E-state index contributed by atoms with van der Waals surface area (Å²) in [7, 11) is 1.52. The molecule has 2 rings (SSSR count). The molecule has 2 aromatic rings. The second-order valence-electron chi connectivity index (χ2n) is 4.37. The zero-order valence-corrected chi connectivity index (χ0v) is 11.6. The monoisotopic (exact) mass is 284 g/mol. The summed E-state index contributed by atoms with van der Waals surface area (Å²) in [6.07, 6.45) is 1.35. The van der Waals surface area contributed by atoms with E-state index in [9.17, 15) is 9.18 Å². The lowest BCUT2D eigenvalue weighted by Gasteiger charge is -2.10. The van der Waals surface area contributed by atoms with Gasteiger partial charge in [-0.3, -0.25) is 4.79 Å². The molecule has 106 valence electrons. The predicted molar refractivity (Wildman–Crippen MR) is 77.6 cm³/mol. The molecule has 0 aliphatic heterocycles. The van der Waals surface area contributed by atoms with Crippen LogP contribution < -0.4 is 10.6 Å². The molecule has 0 saturated carbocycles. The second kappa shape index (κ2) is 6.01. The van der Waals surface area contributed by atoms with Gasteiger partial charge in [-0.25, -0.2) is 9.37 Å². The normalized spacial score (nSPS) is 9.81. The third kappa shape index (κ3) is 2.98. The van der Waals surface area contributed by atoms with Crippen LogP contribution in [0.25, 0.3) is 0 Å². The summed E-state index contributed by atoms with van der Waals surface area (Å²) < 4.78 is 14.0. The maximum atomic E-state index is 14.0. The van der Waals surface area contributed by atoms with Crippen molar-refractivity contribution in [1.29, 1.82) is 5.26 Å². The molecule has 1 amide bonds. The van der Waals surface area contributed by atoms with Gasteiger partial charge in [0.1, 0.15) is 0 Å². The van der Waals surface area contributed by atoms with Gasteiger partial charge in [0.15, 0.2) is 11.6 Å². The molecule has 0 unspecified atom stereocenters. The number of carbonyl (C=O) groups is 1. The number of aromatic nitrogens is 1. The van der Waals surface area contributed by atoms with Crippen LogP contribution in [0.2, 0.25) is 0 Å². The van der Waals surface area contributed by atoms with Crippen molar-refractivity contribution in [3.05, 3.63) is 53.0 Å². The van der Waals surface area contributed by atoms with Gasteiger partial charge in [0.2, 0.25) is 0 Å². The van der Waals surface area contributed by atoms with Gasteiger partial charge in [0.05, 0.1) is 17.2 Å². The van der Waals surface area contributed by atoms with Crippen molar-refractivity contribution in [1.82, 2.24) is 4.98 Å². The Balaban J connectivity index is 2.33. The smallest absolute Gasteiger partial charge is 0.258 e. The highest BCUT2D eigenvalue weighted by Gasteiger charge is 2.16. The molecule has 5 nitrogen and oxygen atoms in total. The molecule has 0 spiro atoms. The topological polar surface area (TPSA) is 77.8 Å². The van der Waals surface area contributed by atoms with Gasteiger partial charge >= 0.3 is 0 Å². The van der Waals surface area contributed by atoms with Crippen LogP contribution in [0, 0.1) is 24.1 Å².